The van der Waals surface area contributed by atoms with E-state index >= 15 is 0 Å². The molecular formula is C13H28N2. The number of hydrogen-bond donors (Lipinski definition) is 1. The van der Waals surface area contributed by atoms with Crippen LogP contribution in [-0.2, 0) is 0 Å². The molecule has 15 heavy (non-hydrogen) atoms. The predicted octanol–water partition coefficient (Wildman–Crippen LogP) is 3.32. The molecule has 1 aliphatic heterocycles. The van der Waals surface area contributed by atoms with E-state index in [0.717, 1.165) is 5.92 Å². The Labute approximate surface area is 95.2 Å². The van der Waals surface area contributed by atoms with Crippen LogP contribution in [0.4, 0.5) is 0 Å². The molecule has 1 aliphatic rings. The maximum absolute atomic E-state index is 6.21. The SMILES string of the molecule is CCCCC1CC(C)(C)N(N)C(C)(C)C1. The zero-order chi connectivity index (χ0) is 11.7. The minimum atomic E-state index is 0.153. The smallest absolute Gasteiger partial charge is 0.0304 e. The number of rotatable bonds is 3. The summed E-state index contributed by atoms with van der Waals surface area (Å²) in [6.45, 7) is 11.4. The van der Waals surface area contributed by atoms with Crippen LogP contribution in [0.15, 0.2) is 0 Å². The first-order valence-electron chi connectivity index (χ1n) is 6.34. The topological polar surface area (TPSA) is 29.3 Å². The summed E-state index contributed by atoms with van der Waals surface area (Å²) in [5.74, 6) is 7.07. The third-order valence-electron chi connectivity index (χ3n) is 3.85. The highest BCUT2D eigenvalue weighted by Gasteiger charge is 2.43. The van der Waals surface area contributed by atoms with Crippen LogP contribution < -0.4 is 5.84 Å². The van der Waals surface area contributed by atoms with Crippen molar-refractivity contribution in [1.29, 1.82) is 0 Å². The summed E-state index contributed by atoms with van der Waals surface area (Å²) in [5, 5.41) is 2.07. The van der Waals surface area contributed by atoms with Gasteiger partial charge in [-0.05, 0) is 46.5 Å². The maximum Gasteiger partial charge on any atom is 0.0304 e. The first-order valence-corrected chi connectivity index (χ1v) is 6.34. The van der Waals surface area contributed by atoms with E-state index in [4.69, 9.17) is 5.84 Å². The standard InChI is InChI=1S/C13H28N2/c1-6-7-8-11-9-12(2,3)15(14)13(4,5)10-11/h11H,6-10,14H2,1-5H3. The summed E-state index contributed by atoms with van der Waals surface area (Å²) in [5.41, 5.74) is 0.306. The lowest BCUT2D eigenvalue weighted by Crippen LogP contribution is -2.63. The Morgan fingerprint density at radius 1 is 1.13 bits per heavy atom. The molecule has 1 saturated heterocycles. The molecule has 0 aromatic carbocycles. The van der Waals surface area contributed by atoms with Gasteiger partial charge in [0.15, 0.2) is 0 Å². The van der Waals surface area contributed by atoms with Crippen LogP contribution in [0.1, 0.15) is 66.7 Å². The van der Waals surface area contributed by atoms with Crippen LogP contribution in [0.2, 0.25) is 0 Å². The lowest BCUT2D eigenvalue weighted by molar-refractivity contribution is -0.0546. The fourth-order valence-corrected chi connectivity index (χ4v) is 3.20. The van der Waals surface area contributed by atoms with Gasteiger partial charge in [-0.2, -0.15) is 0 Å². The van der Waals surface area contributed by atoms with Gasteiger partial charge in [-0.1, -0.05) is 26.2 Å². The Morgan fingerprint density at radius 2 is 1.60 bits per heavy atom. The quantitative estimate of drug-likeness (QED) is 0.727. The molecule has 0 aromatic heterocycles. The van der Waals surface area contributed by atoms with Gasteiger partial charge in [0.05, 0.1) is 0 Å². The highest BCUT2D eigenvalue weighted by molar-refractivity contribution is 4.97. The molecule has 0 aliphatic carbocycles. The Morgan fingerprint density at radius 3 is 2.00 bits per heavy atom. The molecule has 2 nitrogen and oxygen atoms in total. The van der Waals surface area contributed by atoms with E-state index in [1.807, 2.05) is 0 Å². The van der Waals surface area contributed by atoms with Gasteiger partial charge in [0.1, 0.15) is 0 Å². The molecule has 0 atom stereocenters. The number of nitrogens with two attached hydrogens (primary N) is 1. The number of nitrogens with zero attached hydrogens (tertiary/aromatic N) is 1. The van der Waals surface area contributed by atoms with Crippen LogP contribution in [0.3, 0.4) is 0 Å². The normalized spacial score (nSPS) is 26.8. The van der Waals surface area contributed by atoms with Crippen molar-refractivity contribution in [3.63, 3.8) is 0 Å². The van der Waals surface area contributed by atoms with Crippen LogP contribution in [0.5, 0.6) is 0 Å². The first-order chi connectivity index (χ1) is 6.79. The highest BCUT2D eigenvalue weighted by atomic mass is 15.5. The maximum atomic E-state index is 6.21. The molecule has 0 saturated carbocycles. The third-order valence-corrected chi connectivity index (χ3v) is 3.85. The Balaban J connectivity index is 2.66. The molecule has 0 amide bonds. The van der Waals surface area contributed by atoms with E-state index in [0.29, 0.717) is 0 Å². The van der Waals surface area contributed by atoms with Crippen LogP contribution in [0.25, 0.3) is 0 Å². The summed E-state index contributed by atoms with van der Waals surface area (Å²) in [6.07, 6.45) is 6.53. The zero-order valence-corrected chi connectivity index (χ0v) is 11.1. The summed E-state index contributed by atoms with van der Waals surface area (Å²) >= 11 is 0. The van der Waals surface area contributed by atoms with Crippen molar-refractivity contribution in [2.75, 3.05) is 0 Å². The number of hydrogen-bond acceptors (Lipinski definition) is 2. The second-order valence-corrected chi connectivity index (χ2v) is 6.41. The van der Waals surface area contributed by atoms with E-state index in [1.54, 1.807) is 0 Å². The Kier molecular flexibility index (Phi) is 3.83. The van der Waals surface area contributed by atoms with Crippen LogP contribution >= 0.6 is 0 Å². The number of hydrazine groups is 1. The van der Waals surface area contributed by atoms with Crippen molar-refractivity contribution in [1.82, 2.24) is 5.01 Å². The second-order valence-electron chi connectivity index (χ2n) is 6.41. The molecule has 1 rings (SSSR count). The molecule has 1 heterocycles. The van der Waals surface area contributed by atoms with Crippen molar-refractivity contribution < 1.29 is 0 Å². The molecule has 90 valence electrons. The summed E-state index contributed by atoms with van der Waals surface area (Å²) < 4.78 is 0. The average molecular weight is 212 g/mol. The van der Waals surface area contributed by atoms with Crippen molar-refractivity contribution in [3.05, 3.63) is 0 Å². The predicted molar refractivity (Wildman–Crippen MR) is 66.4 cm³/mol. The fourth-order valence-electron chi connectivity index (χ4n) is 3.20. The minimum absolute atomic E-state index is 0.153. The van der Waals surface area contributed by atoms with Gasteiger partial charge in [0, 0.05) is 11.1 Å². The molecule has 0 aromatic rings. The number of piperidine rings is 1. The van der Waals surface area contributed by atoms with Crippen molar-refractivity contribution in [2.45, 2.75) is 77.8 Å². The molecule has 2 heteroatoms. The van der Waals surface area contributed by atoms with Gasteiger partial charge in [-0.15, -0.1) is 0 Å². The van der Waals surface area contributed by atoms with E-state index in [2.05, 4.69) is 39.6 Å². The van der Waals surface area contributed by atoms with Gasteiger partial charge in [-0.3, -0.25) is 5.84 Å². The van der Waals surface area contributed by atoms with E-state index in [9.17, 15) is 0 Å². The number of unbranched alkanes of at least 4 members (excludes halogenated alkanes) is 1. The molecule has 1 fully saturated rings. The minimum Gasteiger partial charge on any atom is -0.268 e. The molecular weight excluding hydrogens is 184 g/mol. The lowest BCUT2D eigenvalue weighted by atomic mass is 9.73. The lowest BCUT2D eigenvalue weighted by Gasteiger charge is -2.53. The molecule has 0 radical (unpaired) electrons. The van der Waals surface area contributed by atoms with Crippen LogP contribution in [0, 0.1) is 5.92 Å². The first kappa shape index (κ1) is 13.0. The molecule has 2 N–H and O–H groups in total. The van der Waals surface area contributed by atoms with E-state index in [-0.39, 0.29) is 11.1 Å². The van der Waals surface area contributed by atoms with Crippen molar-refractivity contribution in [2.24, 2.45) is 11.8 Å². The van der Waals surface area contributed by atoms with Crippen molar-refractivity contribution >= 4 is 0 Å². The van der Waals surface area contributed by atoms with Gasteiger partial charge >= 0.3 is 0 Å². The van der Waals surface area contributed by atoms with Crippen molar-refractivity contribution in [3.8, 4) is 0 Å². The molecule has 0 spiro atoms. The Hall–Kier alpha value is -0.0800. The largest absolute Gasteiger partial charge is 0.268 e. The third kappa shape index (κ3) is 2.94. The van der Waals surface area contributed by atoms with Gasteiger partial charge in [0.25, 0.3) is 0 Å². The molecule has 0 bridgehead atoms. The average Bonchev–Trinajstić information content (AvgIpc) is 2.10. The van der Waals surface area contributed by atoms with Crippen LogP contribution in [-0.4, -0.2) is 16.1 Å². The second kappa shape index (κ2) is 4.42. The monoisotopic (exact) mass is 212 g/mol. The summed E-state index contributed by atoms with van der Waals surface area (Å²) in [7, 11) is 0. The zero-order valence-electron chi connectivity index (χ0n) is 11.1. The summed E-state index contributed by atoms with van der Waals surface area (Å²) in [4.78, 5) is 0. The van der Waals surface area contributed by atoms with Gasteiger partial charge in [-0.25, -0.2) is 5.01 Å². The Bertz CT molecular complexity index is 191. The van der Waals surface area contributed by atoms with E-state index < -0.39 is 0 Å². The highest BCUT2D eigenvalue weighted by Crippen LogP contribution is 2.40. The van der Waals surface area contributed by atoms with Gasteiger partial charge in [0.2, 0.25) is 0 Å². The summed E-state index contributed by atoms with van der Waals surface area (Å²) in [6, 6.07) is 0. The van der Waals surface area contributed by atoms with E-state index in [1.165, 1.54) is 32.1 Å². The molecule has 0 unspecified atom stereocenters. The fraction of sp³-hybridized carbons (Fsp3) is 1.00. The van der Waals surface area contributed by atoms with Gasteiger partial charge < -0.3 is 0 Å².